The van der Waals surface area contributed by atoms with Crippen LogP contribution in [0.2, 0.25) is 5.02 Å². The van der Waals surface area contributed by atoms with E-state index in [1.54, 1.807) is 11.3 Å². The van der Waals surface area contributed by atoms with Gasteiger partial charge in [-0.2, -0.15) is 0 Å². The monoisotopic (exact) mass is 363 g/mol. The van der Waals surface area contributed by atoms with Crippen molar-refractivity contribution < 1.29 is 0 Å². The van der Waals surface area contributed by atoms with E-state index in [0.29, 0.717) is 5.88 Å². The Balaban J connectivity index is 2.13. The van der Waals surface area contributed by atoms with Gasteiger partial charge in [0.25, 0.3) is 0 Å². The highest BCUT2D eigenvalue weighted by Gasteiger charge is 2.06. The van der Waals surface area contributed by atoms with E-state index in [1.165, 1.54) is 5.56 Å². The Bertz CT molecular complexity index is 542. The molecule has 18 heavy (non-hydrogen) atoms. The highest BCUT2D eigenvalue weighted by Crippen LogP contribution is 2.27. The molecule has 0 aliphatic rings. The summed E-state index contributed by atoms with van der Waals surface area (Å²) < 4.78 is 1.15. The Morgan fingerprint density at radius 2 is 2.11 bits per heavy atom. The van der Waals surface area contributed by atoms with Crippen LogP contribution in [0, 0.1) is 0 Å². The minimum atomic E-state index is 0.445. The number of hydrogen-bond donors (Lipinski definition) is 0. The third-order valence-corrected chi connectivity index (χ3v) is 4.86. The van der Waals surface area contributed by atoms with E-state index in [4.69, 9.17) is 23.2 Å². The molecular weight excluding hydrogens is 353 g/mol. The smallest absolute Gasteiger partial charge is 0.0701 e. The van der Waals surface area contributed by atoms with Crippen molar-refractivity contribution in [1.82, 2.24) is 0 Å². The molecule has 0 fully saturated rings. The van der Waals surface area contributed by atoms with Crippen LogP contribution < -0.4 is 4.90 Å². The van der Waals surface area contributed by atoms with Crippen molar-refractivity contribution in [2.75, 3.05) is 11.9 Å². The number of halogens is 3. The fraction of sp³-hybridized carbons (Fsp3) is 0.231. The number of alkyl halides is 1. The van der Waals surface area contributed by atoms with Crippen molar-refractivity contribution in [3.63, 3.8) is 0 Å². The summed E-state index contributed by atoms with van der Waals surface area (Å²) >= 11 is 17.1. The third-order valence-electron chi connectivity index (χ3n) is 2.66. The largest absolute Gasteiger partial charge is 0.370 e. The molecule has 1 aromatic carbocycles. The molecule has 1 aromatic heterocycles. The lowest BCUT2D eigenvalue weighted by molar-refractivity contribution is 0.927. The standard InChI is InChI=1S/C13H12BrCl2NS/c1-17(7-9-4-13(14)18-8-9)11-3-2-10(6-15)12(16)5-11/h2-5,8H,6-7H2,1H3. The number of rotatable bonds is 4. The Kier molecular flexibility index (Phi) is 4.96. The number of anilines is 1. The van der Waals surface area contributed by atoms with E-state index in [2.05, 4.69) is 39.3 Å². The summed E-state index contributed by atoms with van der Waals surface area (Å²) in [6.45, 7) is 0.860. The summed E-state index contributed by atoms with van der Waals surface area (Å²) in [7, 11) is 2.05. The van der Waals surface area contributed by atoms with Crippen molar-refractivity contribution in [1.29, 1.82) is 0 Å². The quantitative estimate of drug-likeness (QED) is 0.644. The Labute approximate surface area is 129 Å². The van der Waals surface area contributed by atoms with E-state index >= 15 is 0 Å². The molecule has 0 saturated heterocycles. The summed E-state index contributed by atoms with van der Waals surface area (Å²) in [6.07, 6.45) is 0. The maximum Gasteiger partial charge on any atom is 0.0701 e. The summed E-state index contributed by atoms with van der Waals surface area (Å²) in [4.78, 5) is 2.17. The van der Waals surface area contributed by atoms with Crippen LogP contribution in [0.15, 0.2) is 33.4 Å². The first kappa shape index (κ1) is 14.2. The van der Waals surface area contributed by atoms with Crippen LogP contribution in [0.25, 0.3) is 0 Å². The van der Waals surface area contributed by atoms with Crippen molar-refractivity contribution >= 4 is 56.2 Å². The molecule has 2 aromatic rings. The van der Waals surface area contributed by atoms with E-state index in [-0.39, 0.29) is 0 Å². The van der Waals surface area contributed by atoms with E-state index in [0.717, 1.165) is 26.6 Å². The van der Waals surface area contributed by atoms with Gasteiger partial charge in [-0.25, -0.2) is 0 Å². The van der Waals surface area contributed by atoms with E-state index < -0.39 is 0 Å². The second-order valence-electron chi connectivity index (χ2n) is 4.02. The maximum atomic E-state index is 6.16. The normalized spacial score (nSPS) is 10.7. The molecule has 5 heteroatoms. The molecule has 0 atom stereocenters. The number of hydrogen-bond acceptors (Lipinski definition) is 2. The minimum Gasteiger partial charge on any atom is -0.370 e. The first-order chi connectivity index (χ1) is 8.60. The Morgan fingerprint density at radius 1 is 1.33 bits per heavy atom. The third kappa shape index (κ3) is 3.41. The molecule has 0 aliphatic carbocycles. The molecule has 96 valence electrons. The lowest BCUT2D eigenvalue weighted by atomic mass is 10.2. The van der Waals surface area contributed by atoms with Gasteiger partial charge in [0.05, 0.1) is 3.79 Å². The molecule has 0 N–H and O–H groups in total. The number of thiophene rings is 1. The second-order valence-corrected chi connectivity index (χ2v) is 6.99. The highest BCUT2D eigenvalue weighted by molar-refractivity contribution is 9.11. The van der Waals surface area contributed by atoms with Crippen LogP contribution in [0.3, 0.4) is 0 Å². The molecule has 0 amide bonds. The van der Waals surface area contributed by atoms with Crippen LogP contribution in [0.4, 0.5) is 5.69 Å². The van der Waals surface area contributed by atoms with Crippen molar-refractivity contribution in [3.05, 3.63) is 49.6 Å². The Morgan fingerprint density at radius 3 is 2.67 bits per heavy atom. The average Bonchev–Trinajstić information content (AvgIpc) is 2.74. The number of nitrogens with zero attached hydrogens (tertiary/aromatic N) is 1. The molecule has 0 radical (unpaired) electrons. The van der Waals surface area contributed by atoms with Gasteiger partial charge in [-0.3, -0.25) is 0 Å². The van der Waals surface area contributed by atoms with Gasteiger partial charge in [0.15, 0.2) is 0 Å². The summed E-state index contributed by atoms with van der Waals surface area (Å²) in [5.74, 6) is 0.445. The van der Waals surface area contributed by atoms with E-state index in [9.17, 15) is 0 Å². The van der Waals surface area contributed by atoms with Gasteiger partial charge in [-0.15, -0.1) is 22.9 Å². The second kappa shape index (κ2) is 6.29. The molecule has 0 unspecified atom stereocenters. The van der Waals surface area contributed by atoms with Gasteiger partial charge < -0.3 is 4.90 Å². The lowest BCUT2D eigenvalue weighted by Crippen LogP contribution is -2.15. The van der Waals surface area contributed by atoms with Crippen molar-refractivity contribution in [3.8, 4) is 0 Å². The zero-order valence-electron chi connectivity index (χ0n) is 9.79. The van der Waals surface area contributed by atoms with Crippen LogP contribution in [-0.2, 0) is 12.4 Å². The van der Waals surface area contributed by atoms with Crippen molar-refractivity contribution in [2.45, 2.75) is 12.4 Å². The number of benzene rings is 1. The molecule has 0 spiro atoms. The topological polar surface area (TPSA) is 3.24 Å². The van der Waals surface area contributed by atoms with Gasteiger partial charge in [0, 0.05) is 30.2 Å². The molecule has 0 aliphatic heterocycles. The first-order valence-electron chi connectivity index (χ1n) is 5.38. The highest BCUT2D eigenvalue weighted by atomic mass is 79.9. The molecule has 2 rings (SSSR count). The first-order valence-corrected chi connectivity index (χ1v) is 7.97. The Hall–Kier alpha value is -0.220. The molecule has 0 saturated carbocycles. The molecule has 1 heterocycles. The predicted octanol–water partition coefficient (Wildman–Crippen LogP) is 5.54. The fourth-order valence-electron chi connectivity index (χ4n) is 1.68. The minimum absolute atomic E-state index is 0.445. The maximum absolute atomic E-state index is 6.16. The van der Waals surface area contributed by atoms with Gasteiger partial charge >= 0.3 is 0 Å². The summed E-state index contributed by atoms with van der Waals surface area (Å²) in [6, 6.07) is 8.12. The van der Waals surface area contributed by atoms with E-state index in [1.807, 2.05) is 18.2 Å². The lowest BCUT2D eigenvalue weighted by Gasteiger charge is -2.19. The summed E-state index contributed by atoms with van der Waals surface area (Å²) in [5.41, 5.74) is 3.34. The molecule has 1 nitrogen and oxygen atoms in total. The van der Waals surface area contributed by atoms with Gasteiger partial charge in [0.1, 0.15) is 0 Å². The molecule has 0 bridgehead atoms. The van der Waals surface area contributed by atoms with Crippen LogP contribution >= 0.6 is 50.5 Å². The van der Waals surface area contributed by atoms with Gasteiger partial charge in [-0.1, -0.05) is 17.7 Å². The van der Waals surface area contributed by atoms with Gasteiger partial charge in [-0.05, 0) is 50.6 Å². The van der Waals surface area contributed by atoms with Gasteiger partial charge in [0.2, 0.25) is 0 Å². The fourth-order valence-corrected chi connectivity index (χ4v) is 3.42. The zero-order valence-corrected chi connectivity index (χ0v) is 13.7. The average molecular weight is 365 g/mol. The SMILES string of the molecule is CN(Cc1csc(Br)c1)c1ccc(CCl)c(Cl)c1. The summed E-state index contributed by atoms with van der Waals surface area (Å²) in [5, 5.41) is 2.87. The van der Waals surface area contributed by atoms with Crippen LogP contribution in [0.5, 0.6) is 0 Å². The van der Waals surface area contributed by atoms with Crippen LogP contribution in [0.1, 0.15) is 11.1 Å². The van der Waals surface area contributed by atoms with Crippen molar-refractivity contribution in [2.24, 2.45) is 0 Å². The predicted molar refractivity (Wildman–Crippen MR) is 85.1 cm³/mol. The molecular formula is C13H12BrCl2NS. The van der Waals surface area contributed by atoms with Crippen LogP contribution in [-0.4, -0.2) is 7.05 Å². The zero-order chi connectivity index (χ0) is 13.1.